The number of sulfonamides is 1. The molecule has 1 aromatic carbocycles. The zero-order valence-corrected chi connectivity index (χ0v) is 12.3. The standard InChI is InChI=1S/C14H19N3O2S/c1-2-7-15-9-10-20(18,19)17-13-5-6-14-12(11-13)4-3-8-16-14/h3-6,8,11,15,17H,2,7,9-10H2,1H3. The molecular weight excluding hydrogens is 274 g/mol. The lowest BCUT2D eigenvalue weighted by Gasteiger charge is -2.09. The summed E-state index contributed by atoms with van der Waals surface area (Å²) in [6, 6.07) is 9.06. The van der Waals surface area contributed by atoms with Crippen LogP contribution in [0.4, 0.5) is 5.69 Å². The highest BCUT2D eigenvalue weighted by Crippen LogP contribution is 2.17. The number of hydrogen-bond acceptors (Lipinski definition) is 4. The minimum Gasteiger partial charge on any atom is -0.316 e. The predicted molar refractivity (Wildman–Crippen MR) is 82.3 cm³/mol. The molecule has 1 heterocycles. The molecule has 0 aliphatic rings. The summed E-state index contributed by atoms with van der Waals surface area (Å²) in [5.74, 6) is 0.0675. The average Bonchev–Trinajstić information content (AvgIpc) is 2.43. The molecule has 0 atom stereocenters. The van der Waals surface area contributed by atoms with Crippen molar-refractivity contribution < 1.29 is 8.42 Å². The maximum Gasteiger partial charge on any atom is 0.233 e. The van der Waals surface area contributed by atoms with Gasteiger partial charge in [0.1, 0.15) is 0 Å². The lowest BCUT2D eigenvalue weighted by Crippen LogP contribution is -2.27. The zero-order valence-electron chi connectivity index (χ0n) is 11.5. The molecule has 0 amide bonds. The average molecular weight is 293 g/mol. The third-order valence-corrected chi connectivity index (χ3v) is 4.14. The van der Waals surface area contributed by atoms with Crippen LogP contribution in [0.2, 0.25) is 0 Å². The smallest absolute Gasteiger partial charge is 0.233 e. The van der Waals surface area contributed by atoms with Gasteiger partial charge in [-0.3, -0.25) is 9.71 Å². The second-order valence-corrected chi connectivity index (χ2v) is 6.42. The van der Waals surface area contributed by atoms with Gasteiger partial charge in [0.25, 0.3) is 0 Å². The molecule has 0 bridgehead atoms. The van der Waals surface area contributed by atoms with Gasteiger partial charge in [0.15, 0.2) is 0 Å². The van der Waals surface area contributed by atoms with Crippen LogP contribution >= 0.6 is 0 Å². The van der Waals surface area contributed by atoms with Gasteiger partial charge in [0, 0.05) is 23.8 Å². The summed E-state index contributed by atoms with van der Waals surface area (Å²) < 4.78 is 26.5. The van der Waals surface area contributed by atoms with Gasteiger partial charge in [-0.15, -0.1) is 0 Å². The van der Waals surface area contributed by atoms with Gasteiger partial charge < -0.3 is 5.32 Å². The minimum atomic E-state index is -3.32. The molecular formula is C14H19N3O2S. The van der Waals surface area contributed by atoms with Gasteiger partial charge in [0.05, 0.1) is 11.3 Å². The van der Waals surface area contributed by atoms with Crippen LogP contribution in [0.15, 0.2) is 36.5 Å². The van der Waals surface area contributed by atoms with E-state index in [0.717, 1.165) is 23.9 Å². The van der Waals surface area contributed by atoms with Crippen molar-refractivity contribution in [2.75, 3.05) is 23.6 Å². The lowest BCUT2D eigenvalue weighted by molar-refractivity contribution is 0.595. The molecule has 1 aromatic heterocycles. The molecule has 2 rings (SSSR count). The van der Waals surface area contributed by atoms with E-state index < -0.39 is 10.0 Å². The van der Waals surface area contributed by atoms with E-state index in [1.807, 2.05) is 25.1 Å². The van der Waals surface area contributed by atoms with Crippen LogP contribution in [-0.2, 0) is 10.0 Å². The Labute approximate surface area is 119 Å². The van der Waals surface area contributed by atoms with Gasteiger partial charge in [-0.1, -0.05) is 13.0 Å². The largest absolute Gasteiger partial charge is 0.316 e. The topological polar surface area (TPSA) is 71.1 Å². The first-order valence-electron chi connectivity index (χ1n) is 6.67. The van der Waals surface area contributed by atoms with Crippen LogP contribution in [0.1, 0.15) is 13.3 Å². The highest BCUT2D eigenvalue weighted by molar-refractivity contribution is 7.92. The van der Waals surface area contributed by atoms with Crippen molar-refractivity contribution in [3.05, 3.63) is 36.5 Å². The molecule has 2 N–H and O–H groups in total. The SMILES string of the molecule is CCCNCCS(=O)(=O)Nc1ccc2ncccc2c1. The molecule has 20 heavy (non-hydrogen) atoms. The second-order valence-electron chi connectivity index (χ2n) is 4.58. The van der Waals surface area contributed by atoms with Gasteiger partial charge in [-0.05, 0) is 37.2 Å². The molecule has 0 saturated heterocycles. The summed E-state index contributed by atoms with van der Waals surface area (Å²) >= 11 is 0. The number of hydrogen-bond donors (Lipinski definition) is 2. The van der Waals surface area contributed by atoms with E-state index in [0.29, 0.717) is 12.2 Å². The normalized spacial score (nSPS) is 11.7. The summed E-state index contributed by atoms with van der Waals surface area (Å²) in [5, 5.41) is 3.99. The van der Waals surface area contributed by atoms with Crippen molar-refractivity contribution in [2.24, 2.45) is 0 Å². The van der Waals surface area contributed by atoms with E-state index in [-0.39, 0.29) is 5.75 Å². The Kier molecular flexibility index (Phi) is 4.92. The number of benzene rings is 1. The molecule has 0 fully saturated rings. The first-order chi connectivity index (χ1) is 9.61. The van der Waals surface area contributed by atoms with E-state index in [9.17, 15) is 8.42 Å². The molecule has 0 spiro atoms. The molecule has 0 unspecified atom stereocenters. The molecule has 6 heteroatoms. The van der Waals surface area contributed by atoms with Crippen molar-refractivity contribution >= 4 is 26.6 Å². The highest BCUT2D eigenvalue weighted by Gasteiger charge is 2.10. The summed E-state index contributed by atoms with van der Waals surface area (Å²) in [6.45, 7) is 3.33. The van der Waals surface area contributed by atoms with Crippen LogP contribution < -0.4 is 10.0 Å². The molecule has 0 radical (unpaired) electrons. The van der Waals surface area contributed by atoms with E-state index in [1.165, 1.54) is 0 Å². The third-order valence-electron chi connectivity index (χ3n) is 2.85. The summed E-state index contributed by atoms with van der Waals surface area (Å²) in [4.78, 5) is 4.20. The molecule has 0 aliphatic heterocycles. The number of pyridine rings is 1. The lowest BCUT2D eigenvalue weighted by atomic mass is 10.2. The fourth-order valence-corrected chi connectivity index (χ4v) is 2.88. The Morgan fingerprint density at radius 1 is 1.20 bits per heavy atom. The maximum absolute atomic E-state index is 11.9. The van der Waals surface area contributed by atoms with Gasteiger partial charge in [-0.2, -0.15) is 0 Å². The van der Waals surface area contributed by atoms with E-state index in [4.69, 9.17) is 0 Å². The van der Waals surface area contributed by atoms with E-state index >= 15 is 0 Å². The Hall–Kier alpha value is -1.66. The van der Waals surface area contributed by atoms with Gasteiger partial charge in [0.2, 0.25) is 10.0 Å². The second kappa shape index (κ2) is 6.67. The number of rotatable bonds is 7. The van der Waals surface area contributed by atoms with Crippen molar-refractivity contribution in [3.8, 4) is 0 Å². The van der Waals surface area contributed by atoms with Gasteiger partial charge in [-0.25, -0.2) is 8.42 Å². The first-order valence-corrected chi connectivity index (χ1v) is 8.32. The van der Waals surface area contributed by atoms with E-state index in [2.05, 4.69) is 15.0 Å². The van der Waals surface area contributed by atoms with Crippen LogP contribution in [0, 0.1) is 0 Å². The highest BCUT2D eigenvalue weighted by atomic mass is 32.2. The van der Waals surface area contributed by atoms with Crippen molar-refractivity contribution in [2.45, 2.75) is 13.3 Å². The fraction of sp³-hybridized carbons (Fsp3) is 0.357. The quantitative estimate of drug-likeness (QED) is 0.766. The van der Waals surface area contributed by atoms with Crippen LogP contribution in [0.5, 0.6) is 0 Å². The van der Waals surface area contributed by atoms with Gasteiger partial charge >= 0.3 is 0 Å². The Morgan fingerprint density at radius 2 is 2.05 bits per heavy atom. The molecule has 0 saturated carbocycles. The van der Waals surface area contributed by atoms with Crippen molar-refractivity contribution in [3.63, 3.8) is 0 Å². The zero-order chi connectivity index (χ0) is 14.4. The van der Waals surface area contributed by atoms with Crippen LogP contribution in [0.25, 0.3) is 10.9 Å². The number of nitrogens with zero attached hydrogens (tertiary/aromatic N) is 1. The Bertz CT molecular complexity index is 671. The number of nitrogens with one attached hydrogen (secondary N) is 2. The molecule has 0 aliphatic carbocycles. The van der Waals surface area contributed by atoms with Crippen LogP contribution in [0.3, 0.4) is 0 Å². The van der Waals surface area contributed by atoms with E-state index in [1.54, 1.807) is 18.3 Å². The molecule has 108 valence electrons. The summed E-state index contributed by atoms with van der Waals surface area (Å²) in [6.07, 6.45) is 2.71. The monoisotopic (exact) mass is 293 g/mol. The summed E-state index contributed by atoms with van der Waals surface area (Å²) in [7, 11) is -3.32. The third kappa shape index (κ3) is 4.18. The number of anilines is 1. The Balaban J connectivity index is 2.03. The minimum absolute atomic E-state index is 0.0675. The van der Waals surface area contributed by atoms with Crippen molar-refractivity contribution in [1.29, 1.82) is 0 Å². The number of aromatic nitrogens is 1. The predicted octanol–water partition coefficient (Wildman–Crippen LogP) is 1.98. The first kappa shape index (κ1) is 14.7. The fourth-order valence-electron chi connectivity index (χ4n) is 1.88. The molecule has 5 nitrogen and oxygen atoms in total. The van der Waals surface area contributed by atoms with Crippen LogP contribution in [-0.4, -0.2) is 32.2 Å². The number of fused-ring (bicyclic) bond motifs is 1. The van der Waals surface area contributed by atoms with Crippen molar-refractivity contribution in [1.82, 2.24) is 10.3 Å². The maximum atomic E-state index is 11.9. The Morgan fingerprint density at radius 3 is 2.85 bits per heavy atom. The molecule has 2 aromatic rings. The summed E-state index contributed by atoms with van der Waals surface area (Å²) in [5.41, 5.74) is 1.42.